The molecule has 1 aromatic rings. The fourth-order valence-corrected chi connectivity index (χ4v) is 3.74. The fraction of sp³-hybridized carbons (Fsp3) is 0.417. The van der Waals surface area contributed by atoms with Crippen LogP contribution in [0.15, 0.2) is 21.5 Å². The Balaban J connectivity index is 3.21. The van der Waals surface area contributed by atoms with Crippen LogP contribution in [0.3, 0.4) is 0 Å². The summed E-state index contributed by atoms with van der Waals surface area (Å²) >= 11 is 2.80. The molecular formula is C12H14BrClFNO4S. The van der Waals surface area contributed by atoms with Gasteiger partial charge in [-0.05, 0) is 41.9 Å². The molecule has 5 nitrogen and oxygen atoms in total. The predicted octanol–water partition coefficient (Wildman–Crippen LogP) is 2.67. The summed E-state index contributed by atoms with van der Waals surface area (Å²) in [7, 11) is 2.51. The van der Waals surface area contributed by atoms with Gasteiger partial charge in [0.05, 0.1) is 16.6 Å². The molecular weight excluding hydrogens is 389 g/mol. The van der Waals surface area contributed by atoms with Gasteiger partial charge in [-0.3, -0.25) is 4.79 Å². The zero-order chi connectivity index (χ0) is 16.4. The van der Waals surface area contributed by atoms with E-state index in [1.165, 1.54) is 7.11 Å². The van der Waals surface area contributed by atoms with Crippen LogP contribution in [0.5, 0.6) is 0 Å². The van der Waals surface area contributed by atoms with Gasteiger partial charge in [-0.1, -0.05) is 0 Å². The van der Waals surface area contributed by atoms with E-state index in [2.05, 4.69) is 21.2 Å². The van der Waals surface area contributed by atoms with Crippen molar-refractivity contribution in [2.75, 3.05) is 13.7 Å². The number of carbonyl (C=O) groups is 1. The van der Waals surface area contributed by atoms with Crippen LogP contribution >= 0.6 is 26.6 Å². The van der Waals surface area contributed by atoms with E-state index < -0.39 is 31.2 Å². The van der Waals surface area contributed by atoms with E-state index in [0.717, 1.165) is 12.1 Å². The quantitative estimate of drug-likeness (QED) is 0.769. The Hall–Kier alpha value is -0.700. The third-order valence-corrected chi connectivity index (χ3v) is 4.89. The lowest BCUT2D eigenvalue weighted by molar-refractivity contribution is 0.0819. The Morgan fingerprint density at radius 3 is 2.52 bits per heavy atom. The molecule has 1 aromatic carbocycles. The largest absolute Gasteiger partial charge is 0.382 e. The molecule has 0 heterocycles. The van der Waals surface area contributed by atoms with Gasteiger partial charge in [0.25, 0.3) is 15.0 Å². The average molecular weight is 403 g/mol. The van der Waals surface area contributed by atoms with E-state index in [1.54, 1.807) is 13.8 Å². The molecule has 0 aliphatic rings. The third kappa shape index (κ3) is 4.91. The Kier molecular flexibility index (Phi) is 5.76. The van der Waals surface area contributed by atoms with Crippen LogP contribution in [0.2, 0.25) is 0 Å². The minimum Gasteiger partial charge on any atom is -0.382 e. The molecule has 0 atom stereocenters. The lowest BCUT2D eigenvalue weighted by Crippen LogP contribution is -2.46. The van der Waals surface area contributed by atoms with Crippen LogP contribution in [0, 0.1) is 5.82 Å². The Morgan fingerprint density at radius 1 is 1.48 bits per heavy atom. The molecule has 0 aliphatic heterocycles. The van der Waals surface area contributed by atoms with E-state index in [9.17, 15) is 17.6 Å². The van der Waals surface area contributed by atoms with Crippen LogP contribution in [0.1, 0.15) is 24.2 Å². The molecule has 1 rings (SSSR count). The van der Waals surface area contributed by atoms with Crippen molar-refractivity contribution in [3.63, 3.8) is 0 Å². The molecule has 0 radical (unpaired) electrons. The predicted molar refractivity (Wildman–Crippen MR) is 80.6 cm³/mol. The van der Waals surface area contributed by atoms with Gasteiger partial charge in [0, 0.05) is 23.4 Å². The highest BCUT2D eigenvalue weighted by molar-refractivity contribution is 9.10. The SMILES string of the molecule is COCC(C)(C)NC(=O)c1cc(F)c(Br)c(S(=O)(=O)Cl)c1. The summed E-state index contributed by atoms with van der Waals surface area (Å²) in [6.45, 7) is 3.66. The van der Waals surface area contributed by atoms with Crippen LogP contribution in [-0.2, 0) is 13.8 Å². The average Bonchev–Trinajstić information content (AvgIpc) is 2.29. The summed E-state index contributed by atoms with van der Waals surface area (Å²) in [5, 5.41) is 2.62. The maximum absolute atomic E-state index is 13.7. The number of halogens is 3. The minimum atomic E-state index is -4.19. The van der Waals surface area contributed by atoms with Crippen molar-refractivity contribution in [3.05, 3.63) is 28.0 Å². The number of methoxy groups -OCH3 is 1. The van der Waals surface area contributed by atoms with Gasteiger partial charge in [0.2, 0.25) is 0 Å². The highest BCUT2D eigenvalue weighted by Gasteiger charge is 2.25. The van der Waals surface area contributed by atoms with E-state index >= 15 is 0 Å². The second kappa shape index (κ2) is 6.60. The molecule has 118 valence electrons. The van der Waals surface area contributed by atoms with Crippen molar-refractivity contribution in [1.29, 1.82) is 0 Å². The summed E-state index contributed by atoms with van der Waals surface area (Å²) in [6.07, 6.45) is 0. The lowest BCUT2D eigenvalue weighted by atomic mass is 10.1. The first-order chi connectivity index (χ1) is 9.48. The van der Waals surface area contributed by atoms with Gasteiger partial charge in [-0.2, -0.15) is 0 Å². The number of benzene rings is 1. The summed E-state index contributed by atoms with van der Waals surface area (Å²) in [6, 6.07) is 1.93. The number of ether oxygens (including phenoxy) is 1. The van der Waals surface area contributed by atoms with Crippen molar-refractivity contribution in [3.8, 4) is 0 Å². The number of hydrogen-bond donors (Lipinski definition) is 1. The van der Waals surface area contributed by atoms with Crippen LogP contribution in [0.25, 0.3) is 0 Å². The van der Waals surface area contributed by atoms with E-state index in [1.807, 2.05) is 0 Å². The van der Waals surface area contributed by atoms with E-state index in [4.69, 9.17) is 15.4 Å². The van der Waals surface area contributed by atoms with Crippen molar-refractivity contribution >= 4 is 41.6 Å². The molecule has 0 saturated heterocycles. The standard InChI is InChI=1S/C12H14BrClFNO4S/c1-12(2,6-20-3)16-11(17)7-4-8(15)10(13)9(5-7)21(14,18)19/h4-5H,6H2,1-3H3,(H,16,17). The van der Waals surface area contributed by atoms with Gasteiger partial charge in [0.15, 0.2) is 0 Å². The van der Waals surface area contributed by atoms with Crippen molar-refractivity contribution in [2.24, 2.45) is 0 Å². The molecule has 0 aromatic heterocycles. The van der Waals surface area contributed by atoms with Crippen molar-refractivity contribution in [2.45, 2.75) is 24.3 Å². The highest BCUT2D eigenvalue weighted by atomic mass is 79.9. The summed E-state index contributed by atoms with van der Waals surface area (Å²) < 4.78 is 41.1. The van der Waals surface area contributed by atoms with Gasteiger partial charge in [-0.15, -0.1) is 0 Å². The monoisotopic (exact) mass is 401 g/mol. The molecule has 0 bridgehead atoms. The number of amides is 1. The van der Waals surface area contributed by atoms with Crippen LogP contribution < -0.4 is 5.32 Å². The molecule has 1 amide bonds. The van der Waals surface area contributed by atoms with E-state index in [0.29, 0.717) is 0 Å². The fourth-order valence-electron chi connectivity index (χ4n) is 1.65. The lowest BCUT2D eigenvalue weighted by Gasteiger charge is -2.25. The molecule has 0 saturated carbocycles. The highest BCUT2D eigenvalue weighted by Crippen LogP contribution is 2.29. The number of hydrogen-bond acceptors (Lipinski definition) is 4. The topological polar surface area (TPSA) is 72.5 Å². The maximum Gasteiger partial charge on any atom is 0.262 e. The Labute approximate surface area is 135 Å². The molecule has 0 aliphatic carbocycles. The first kappa shape index (κ1) is 18.3. The minimum absolute atomic E-state index is 0.154. The van der Waals surface area contributed by atoms with E-state index in [-0.39, 0.29) is 16.6 Å². The Bertz CT molecular complexity index is 663. The van der Waals surface area contributed by atoms with Crippen LogP contribution in [-0.4, -0.2) is 33.6 Å². The second-order valence-electron chi connectivity index (χ2n) is 4.98. The second-order valence-corrected chi connectivity index (χ2v) is 8.31. The van der Waals surface area contributed by atoms with Gasteiger partial charge >= 0.3 is 0 Å². The maximum atomic E-state index is 13.7. The van der Waals surface area contributed by atoms with Crippen LogP contribution in [0.4, 0.5) is 4.39 Å². The summed E-state index contributed by atoms with van der Waals surface area (Å²) in [5.74, 6) is -1.53. The molecule has 0 unspecified atom stereocenters. The third-order valence-electron chi connectivity index (χ3n) is 2.48. The molecule has 21 heavy (non-hydrogen) atoms. The van der Waals surface area contributed by atoms with Gasteiger partial charge in [0.1, 0.15) is 10.7 Å². The van der Waals surface area contributed by atoms with Crippen molar-refractivity contribution < 1.29 is 22.3 Å². The molecule has 9 heteroatoms. The molecule has 1 N–H and O–H groups in total. The smallest absolute Gasteiger partial charge is 0.262 e. The number of nitrogens with one attached hydrogen (secondary N) is 1. The first-order valence-electron chi connectivity index (χ1n) is 5.73. The number of rotatable bonds is 5. The zero-order valence-corrected chi connectivity index (χ0v) is 14.7. The molecule has 0 spiro atoms. The van der Waals surface area contributed by atoms with Gasteiger partial charge in [-0.25, -0.2) is 12.8 Å². The summed E-state index contributed by atoms with van der Waals surface area (Å²) in [4.78, 5) is 11.6. The Morgan fingerprint density at radius 2 is 2.05 bits per heavy atom. The number of carbonyl (C=O) groups excluding carboxylic acids is 1. The van der Waals surface area contributed by atoms with Gasteiger partial charge < -0.3 is 10.1 Å². The molecule has 0 fully saturated rings. The first-order valence-corrected chi connectivity index (χ1v) is 8.83. The normalized spacial score (nSPS) is 12.3. The summed E-state index contributed by atoms with van der Waals surface area (Å²) in [5.41, 5.74) is -0.853. The zero-order valence-electron chi connectivity index (χ0n) is 11.5. The van der Waals surface area contributed by atoms with Crippen molar-refractivity contribution in [1.82, 2.24) is 5.32 Å².